The molecule has 0 spiro atoms. The largest absolute Gasteiger partial charge is 0.480 e. The Balaban J connectivity index is 1.73. The van der Waals surface area contributed by atoms with Crippen LogP contribution in [0.3, 0.4) is 0 Å². The number of para-hydroxylation sites is 1. The van der Waals surface area contributed by atoms with Crippen LogP contribution in [0.5, 0.6) is 0 Å². The van der Waals surface area contributed by atoms with E-state index in [1.807, 2.05) is 31.2 Å². The quantitative estimate of drug-likeness (QED) is 0.222. The second-order valence-electron chi connectivity index (χ2n) is 9.80. The summed E-state index contributed by atoms with van der Waals surface area (Å²) in [4.78, 5) is 67.2. The molecule has 1 aliphatic heterocycles. The molecule has 206 valence electrons. The molecule has 1 aliphatic rings. The normalized spacial score (nSPS) is 18.4. The SMILES string of the molecule is CCC(C)C(N)C(=O)NC(CC(N)=O)C(=O)N1CCCC1C(=O)NC(Cc1c[nH]c2ccccc12)C(=O)O. The third kappa shape index (κ3) is 6.68. The lowest BCUT2D eigenvalue weighted by Gasteiger charge is -2.30. The maximum atomic E-state index is 13.4. The summed E-state index contributed by atoms with van der Waals surface area (Å²) in [5, 5.41) is 15.7. The Kier molecular flexibility index (Phi) is 9.45. The van der Waals surface area contributed by atoms with E-state index in [0.29, 0.717) is 19.3 Å². The Morgan fingerprint density at radius 1 is 1.16 bits per heavy atom. The molecule has 12 nitrogen and oxygen atoms in total. The van der Waals surface area contributed by atoms with E-state index in [4.69, 9.17) is 11.5 Å². The van der Waals surface area contributed by atoms with Gasteiger partial charge in [0.1, 0.15) is 18.1 Å². The smallest absolute Gasteiger partial charge is 0.326 e. The predicted molar refractivity (Wildman–Crippen MR) is 139 cm³/mol. The number of nitrogens with zero attached hydrogens (tertiary/aromatic N) is 1. The van der Waals surface area contributed by atoms with Crippen molar-refractivity contribution in [2.24, 2.45) is 17.4 Å². The van der Waals surface area contributed by atoms with Crippen molar-refractivity contribution >= 4 is 40.5 Å². The number of carboxylic acids is 1. The molecule has 12 heteroatoms. The standard InChI is InChI=1S/C26H36N6O6/c1-3-14(2)22(28)24(35)30-18(12-21(27)33)25(36)32-10-6-9-20(32)23(34)31-19(26(37)38)11-15-13-29-17-8-5-4-7-16(15)17/h4-5,7-8,13-14,18-20,22,29H,3,6,9-12,28H2,1-2H3,(H2,27,33)(H,30,35)(H,31,34)(H,37,38). The molecule has 1 fully saturated rings. The number of aliphatic carboxylic acids is 1. The number of nitrogens with one attached hydrogen (secondary N) is 3. The summed E-state index contributed by atoms with van der Waals surface area (Å²) < 4.78 is 0. The second kappa shape index (κ2) is 12.5. The summed E-state index contributed by atoms with van der Waals surface area (Å²) in [5.41, 5.74) is 12.9. The van der Waals surface area contributed by atoms with Gasteiger partial charge >= 0.3 is 5.97 Å². The number of carboxylic acid groups (broad SMARTS) is 1. The van der Waals surface area contributed by atoms with Gasteiger partial charge in [-0.2, -0.15) is 0 Å². The van der Waals surface area contributed by atoms with Crippen molar-refractivity contribution in [1.29, 1.82) is 0 Å². The van der Waals surface area contributed by atoms with Gasteiger partial charge in [-0.25, -0.2) is 4.79 Å². The third-order valence-electron chi connectivity index (χ3n) is 7.13. The highest BCUT2D eigenvalue weighted by Crippen LogP contribution is 2.22. The van der Waals surface area contributed by atoms with Crippen LogP contribution in [0.4, 0.5) is 0 Å². The van der Waals surface area contributed by atoms with Gasteiger partial charge < -0.3 is 37.1 Å². The van der Waals surface area contributed by atoms with Crippen molar-refractivity contribution in [2.45, 2.75) is 70.1 Å². The van der Waals surface area contributed by atoms with Crippen molar-refractivity contribution in [3.8, 4) is 0 Å². The van der Waals surface area contributed by atoms with E-state index >= 15 is 0 Å². The van der Waals surface area contributed by atoms with Crippen LogP contribution in [-0.2, 0) is 30.4 Å². The zero-order chi connectivity index (χ0) is 28.0. The number of rotatable bonds is 12. The Bertz CT molecular complexity index is 1200. The fourth-order valence-electron chi connectivity index (χ4n) is 4.67. The summed E-state index contributed by atoms with van der Waals surface area (Å²) in [6, 6.07) is 3.07. The molecule has 38 heavy (non-hydrogen) atoms. The maximum Gasteiger partial charge on any atom is 0.326 e. The number of hydrogen-bond donors (Lipinski definition) is 6. The van der Waals surface area contributed by atoms with Crippen molar-refractivity contribution in [1.82, 2.24) is 20.5 Å². The maximum absolute atomic E-state index is 13.4. The number of hydrogen-bond acceptors (Lipinski definition) is 6. The minimum atomic E-state index is -1.29. The molecule has 2 aromatic rings. The number of aromatic nitrogens is 1. The molecule has 1 aromatic heterocycles. The summed E-state index contributed by atoms with van der Waals surface area (Å²) in [7, 11) is 0. The van der Waals surface area contributed by atoms with Crippen LogP contribution >= 0.6 is 0 Å². The average molecular weight is 529 g/mol. The Morgan fingerprint density at radius 3 is 2.53 bits per heavy atom. The zero-order valence-electron chi connectivity index (χ0n) is 21.6. The first-order valence-corrected chi connectivity index (χ1v) is 12.8. The lowest BCUT2D eigenvalue weighted by atomic mass is 9.98. The van der Waals surface area contributed by atoms with E-state index in [9.17, 15) is 29.1 Å². The monoisotopic (exact) mass is 528 g/mol. The van der Waals surface area contributed by atoms with Crippen LogP contribution in [0, 0.1) is 5.92 Å². The molecule has 3 rings (SSSR count). The van der Waals surface area contributed by atoms with Crippen LogP contribution in [0.1, 0.15) is 45.1 Å². The first-order valence-electron chi connectivity index (χ1n) is 12.8. The molecule has 4 amide bonds. The molecular formula is C26H36N6O6. The van der Waals surface area contributed by atoms with Crippen molar-refractivity contribution in [3.05, 3.63) is 36.0 Å². The molecular weight excluding hydrogens is 492 g/mol. The van der Waals surface area contributed by atoms with E-state index in [1.165, 1.54) is 4.90 Å². The highest BCUT2D eigenvalue weighted by molar-refractivity contribution is 5.96. The number of carbonyl (C=O) groups excluding carboxylic acids is 4. The fourth-order valence-corrected chi connectivity index (χ4v) is 4.67. The van der Waals surface area contributed by atoms with Crippen molar-refractivity contribution in [3.63, 3.8) is 0 Å². The van der Waals surface area contributed by atoms with Crippen molar-refractivity contribution in [2.75, 3.05) is 6.54 Å². The van der Waals surface area contributed by atoms with Crippen LogP contribution < -0.4 is 22.1 Å². The van der Waals surface area contributed by atoms with Gasteiger partial charge in [0.05, 0.1) is 12.5 Å². The molecule has 8 N–H and O–H groups in total. The minimum Gasteiger partial charge on any atom is -0.480 e. The molecule has 2 heterocycles. The van der Waals surface area contributed by atoms with Crippen LogP contribution in [-0.4, -0.2) is 75.3 Å². The number of carbonyl (C=O) groups is 5. The number of nitrogens with two attached hydrogens (primary N) is 2. The molecule has 5 atom stereocenters. The minimum absolute atomic E-state index is 0.0413. The van der Waals surface area contributed by atoms with E-state index < -0.39 is 60.2 Å². The van der Waals surface area contributed by atoms with E-state index in [2.05, 4.69) is 15.6 Å². The molecule has 5 unspecified atom stereocenters. The predicted octanol–water partition coefficient (Wildman–Crippen LogP) is 0.00440. The number of primary amides is 1. The Morgan fingerprint density at radius 2 is 1.87 bits per heavy atom. The lowest BCUT2D eigenvalue weighted by Crippen LogP contribution is -2.58. The molecule has 0 aliphatic carbocycles. The third-order valence-corrected chi connectivity index (χ3v) is 7.13. The second-order valence-corrected chi connectivity index (χ2v) is 9.80. The van der Waals surface area contributed by atoms with Crippen molar-refractivity contribution < 1.29 is 29.1 Å². The number of aromatic amines is 1. The van der Waals surface area contributed by atoms with Crippen LogP contribution in [0.15, 0.2) is 30.5 Å². The average Bonchev–Trinajstić information content (AvgIpc) is 3.54. The Labute approximate surface area is 220 Å². The number of fused-ring (bicyclic) bond motifs is 1. The number of likely N-dealkylation sites (tertiary alicyclic amines) is 1. The highest BCUT2D eigenvalue weighted by atomic mass is 16.4. The molecule has 1 aromatic carbocycles. The summed E-state index contributed by atoms with van der Waals surface area (Å²) in [6.07, 6.45) is 2.73. The van der Waals surface area contributed by atoms with Gasteiger partial charge in [0.15, 0.2) is 0 Å². The van der Waals surface area contributed by atoms with Gasteiger partial charge in [0, 0.05) is 30.1 Å². The molecule has 1 saturated heterocycles. The molecule has 0 bridgehead atoms. The Hall–Kier alpha value is -3.93. The topological polar surface area (TPSA) is 201 Å². The van der Waals surface area contributed by atoms with E-state index in [1.54, 1.807) is 13.1 Å². The number of amides is 4. The summed E-state index contributed by atoms with van der Waals surface area (Å²) in [6.45, 7) is 3.88. The first-order chi connectivity index (χ1) is 18.0. The fraction of sp³-hybridized carbons (Fsp3) is 0.500. The van der Waals surface area contributed by atoms with Gasteiger partial charge in [-0.1, -0.05) is 38.5 Å². The van der Waals surface area contributed by atoms with E-state index in [-0.39, 0.29) is 18.9 Å². The zero-order valence-corrected chi connectivity index (χ0v) is 21.6. The van der Waals surface area contributed by atoms with Gasteiger partial charge in [-0.15, -0.1) is 0 Å². The van der Waals surface area contributed by atoms with Gasteiger partial charge in [0.25, 0.3) is 0 Å². The van der Waals surface area contributed by atoms with Gasteiger partial charge in [-0.05, 0) is 30.4 Å². The summed E-state index contributed by atoms with van der Waals surface area (Å²) in [5.74, 6) is -4.03. The van der Waals surface area contributed by atoms with E-state index in [0.717, 1.165) is 16.5 Å². The van der Waals surface area contributed by atoms with Crippen LogP contribution in [0.25, 0.3) is 10.9 Å². The highest BCUT2D eigenvalue weighted by Gasteiger charge is 2.40. The summed E-state index contributed by atoms with van der Waals surface area (Å²) >= 11 is 0. The number of H-pyrrole nitrogens is 1. The first kappa shape index (κ1) is 28.6. The molecule has 0 radical (unpaired) electrons. The lowest BCUT2D eigenvalue weighted by molar-refractivity contribution is -0.145. The van der Waals surface area contributed by atoms with Crippen LogP contribution in [0.2, 0.25) is 0 Å². The molecule has 0 saturated carbocycles. The van der Waals surface area contributed by atoms with Gasteiger partial charge in [-0.3, -0.25) is 19.2 Å². The van der Waals surface area contributed by atoms with Gasteiger partial charge in [0.2, 0.25) is 23.6 Å². The number of benzene rings is 1.